The Morgan fingerprint density at radius 2 is 1.88 bits per heavy atom. The van der Waals surface area contributed by atoms with Gasteiger partial charge in [0.15, 0.2) is 0 Å². The first-order valence-electron chi connectivity index (χ1n) is 5.15. The molecule has 0 unspecified atom stereocenters. The molecule has 1 aromatic carbocycles. The van der Waals surface area contributed by atoms with Gasteiger partial charge in [0.25, 0.3) is 0 Å². The lowest BCUT2D eigenvalue weighted by Gasteiger charge is -2.22. The van der Waals surface area contributed by atoms with Crippen LogP contribution in [0.2, 0.25) is 0 Å². The number of rotatable bonds is 4. The van der Waals surface area contributed by atoms with E-state index >= 15 is 0 Å². The molecular weight excluding hydrogens is 228 g/mol. The fourth-order valence-electron chi connectivity index (χ4n) is 1.32. The van der Waals surface area contributed by atoms with Gasteiger partial charge in [-0.15, -0.1) is 0 Å². The summed E-state index contributed by atoms with van der Waals surface area (Å²) < 4.78 is 31.2. The van der Waals surface area contributed by atoms with Gasteiger partial charge < -0.3 is 10.1 Å². The summed E-state index contributed by atoms with van der Waals surface area (Å²) in [5.74, 6) is -1.82. The topological polar surface area (TPSA) is 38.3 Å². The first-order valence-corrected chi connectivity index (χ1v) is 5.15. The van der Waals surface area contributed by atoms with Crippen LogP contribution in [0.25, 0.3) is 0 Å². The third-order valence-electron chi connectivity index (χ3n) is 2.41. The molecule has 0 heterocycles. The van der Waals surface area contributed by atoms with E-state index in [1.54, 1.807) is 13.8 Å². The molecule has 0 amide bonds. The van der Waals surface area contributed by atoms with Crippen LogP contribution in [-0.4, -0.2) is 19.6 Å². The van der Waals surface area contributed by atoms with Gasteiger partial charge in [-0.3, -0.25) is 4.79 Å². The van der Waals surface area contributed by atoms with Crippen molar-refractivity contribution in [2.45, 2.75) is 13.8 Å². The summed E-state index contributed by atoms with van der Waals surface area (Å²) in [5.41, 5.74) is -1.09. The number of methoxy groups -OCH3 is 1. The summed E-state index contributed by atoms with van der Waals surface area (Å²) in [5, 5.41) is 2.59. The molecule has 1 aromatic rings. The van der Waals surface area contributed by atoms with Crippen LogP contribution in [0.5, 0.6) is 0 Å². The van der Waals surface area contributed by atoms with Crippen molar-refractivity contribution in [3.05, 3.63) is 29.8 Å². The van der Waals surface area contributed by atoms with Crippen molar-refractivity contribution < 1.29 is 18.3 Å². The number of nitrogens with one attached hydrogen (secondary N) is 1. The minimum Gasteiger partial charge on any atom is -0.469 e. The highest BCUT2D eigenvalue weighted by Crippen LogP contribution is 2.22. The van der Waals surface area contributed by atoms with Gasteiger partial charge in [-0.1, -0.05) is 6.07 Å². The number of hydrogen-bond acceptors (Lipinski definition) is 3. The molecule has 0 aliphatic heterocycles. The van der Waals surface area contributed by atoms with Crippen LogP contribution in [0.4, 0.5) is 14.5 Å². The lowest BCUT2D eigenvalue weighted by atomic mass is 9.93. The van der Waals surface area contributed by atoms with Gasteiger partial charge in [-0.2, -0.15) is 0 Å². The van der Waals surface area contributed by atoms with Crippen molar-refractivity contribution in [3.63, 3.8) is 0 Å². The van der Waals surface area contributed by atoms with Gasteiger partial charge in [0, 0.05) is 6.54 Å². The molecule has 94 valence electrons. The van der Waals surface area contributed by atoms with E-state index in [1.807, 2.05) is 0 Å². The van der Waals surface area contributed by atoms with E-state index in [0.29, 0.717) is 0 Å². The summed E-state index contributed by atoms with van der Waals surface area (Å²) >= 11 is 0. The number of anilines is 1. The number of hydrogen-bond donors (Lipinski definition) is 1. The fourth-order valence-corrected chi connectivity index (χ4v) is 1.32. The first-order chi connectivity index (χ1) is 7.88. The fraction of sp³-hybridized carbons (Fsp3) is 0.417. The van der Waals surface area contributed by atoms with Gasteiger partial charge in [0.05, 0.1) is 12.5 Å². The molecule has 0 saturated carbocycles. The van der Waals surface area contributed by atoms with Gasteiger partial charge in [-0.05, 0) is 26.0 Å². The van der Waals surface area contributed by atoms with Crippen molar-refractivity contribution in [1.29, 1.82) is 0 Å². The maximum atomic E-state index is 13.3. The molecule has 1 N–H and O–H groups in total. The Balaban J connectivity index is 2.77. The maximum absolute atomic E-state index is 13.3. The quantitative estimate of drug-likeness (QED) is 0.826. The number of halogens is 2. The van der Waals surface area contributed by atoms with Crippen LogP contribution in [0.15, 0.2) is 18.2 Å². The summed E-state index contributed by atoms with van der Waals surface area (Å²) in [7, 11) is 1.27. The molecule has 5 heteroatoms. The molecule has 0 radical (unpaired) electrons. The second-order valence-corrected chi connectivity index (χ2v) is 4.33. The Morgan fingerprint density at radius 1 is 1.35 bits per heavy atom. The Kier molecular flexibility index (Phi) is 4.04. The molecule has 0 aliphatic rings. The molecule has 0 fully saturated rings. The average Bonchev–Trinajstić information content (AvgIpc) is 2.27. The summed E-state index contributed by atoms with van der Waals surface area (Å²) in [4.78, 5) is 11.4. The Morgan fingerprint density at radius 3 is 2.35 bits per heavy atom. The maximum Gasteiger partial charge on any atom is 0.313 e. The van der Waals surface area contributed by atoms with E-state index in [1.165, 1.54) is 13.2 Å². The number of ether oxygens (including phenoxy) is 1. The third kappa shape index (κ3) is 3.15. The molecule has 0 bridgehead atoms. The average molecular weight is 243 g/mol. The van der Waals surface area contributed by atoms with Gasteiger partial charge in [-0.25, -0.2) is 8.78 Å². The van der Waals surface area contributed by atoms with Crippen molar-refractivity contribution in [1.82, 2.24) is 0 Å². The molecule has 1 rings (SSSR count). The van der Waals surface area contributed by atoms with Crippen LogP contribution in [-0.2, 0) is 9.53 Å². The first kappa shape index (κ1) is 13.4. The van der Waals surface area contributed by atoms with Crippen LogP contribution in [0, 0.1) is 17.0 Å². The second kappa shape index (κ2) is 5.12. The Hall–Kier alpha value is -1.65. The zero-order chi connectivity index (χ0) is 13.1. The van der Waals surface area contributed by atoms with Gasteiger partial charge >= 0.3 is 5.97 Å². The molecule has 17 heavy (non-hydrogen) atoms. The lowest BCUT2D eigenvalue weighted by Crippen LogP contribution is -2.33. The highest BCUT2D eigenvalue weighted by molar-refractivity contribution is 5.76. The van der Waals surface area contributed by atoms with Gasteiger partial charge in [0.2, 0.25) is 0 Å². The summed E-state index contributed by atoms with van der Waals surface area (Å²) in [6.07, 6.45) is 0. The molecule has 0 atom stereocenters. The van der Waals surface area contributed by atoms with Gasteiger partial charge in [0.1, 0.15) is 17.3 Å². The van der Waals surface area contributed by atoms with Crippen molar-refractivity contribution in [2.75, 3.05) is 19.0 Å². The van der Waals surface area contributed by atoms with Crippen LogP contribution >= 0.6 is 0 Å². The van der Waals surface area contributed by atoms with Crippen molar-refractivity contribution in [2.24, 2.45) is 5.41 Å². The van der Waals surface area contributed by atoms with Crippen molar-refractivity contribution in [3.8, 4) is 0 Å². The van der Waals surface area contributed by atoms with E-state index in [9.17, 15) is 13.6 Å². The number of esters is 1. The third-order valence-corrected chi connectivity index (χ3v) is 2.41. The second-order valence-electron chi connectivity index (χ2n) is 4.33. The Labute approximate surface area is 98.8 Å². The highest BCUT2D eigenvalue weighted by Gasteiger charge is 2.29. The largest absolute Gasteiger partial charge is 0.469 e. The van der Waals surface area contributed by atoms with E-state index in [0.717, 1.165) is 12.1 Å². The SMILES string of the molecule is COC(=O)C(C)(C)CNc1c(F)cccc1F. The number of carbonyl (C=O) groups excluding carboxylic acids is 1. The van der Waals surface area contributed by atoms with Crippen LogP contribution < -0.4 is 5.32 Å². The molecular formula is C12H15F2NO2. The van der Waals surface area contributed by atoms with Crippen molar-refractivity contribution >= 4 is 11.7 Å². The predicted octanol–water partition coefficient (Wildman–Crippen LogP) is 2.58. The minimum atomic E-state index is -0.858. The normalized spacial score (nSPS) is 11.1. The Bertz CT molecular complexity index is 399. The zero-order valence-electron chi connectivity index (χ0n) is 10.0. The van der Waals surface area contributed by atoms with E-state index < -0.39 is 23.0 Å². The monoisotopic (exact) mass is 243 g/mol. The van der Waals surface area contributed by atoms with E-state index in [4.69, 9.17) is 0 Å². The molecule has 3 nitrogen and oxygen atoms in total. The lowest BCUT2D eigenvalue weighted by molar-refractivity contribution is -0.149. The molecule has 0 saturated heterocycles. The number of benzene rings is 1. The number of carbonyl (C=O) groups is 1. The highest BCUT2D eigenvalue weighted by atomic mass is 19.1. The minimum absolute atomic E-state index is 0.0809. The summed E-state index contributed by atoms with van der Waals surface area (Å²) in [6.45, 7) is 3.34. The smallest absolute Gasteiger partial charge is 0.313 e. The van der Waals surface area contributed by atoms with Crippen LogP contribution in [0.3, 0.4) is 0 Å². The van der Waals surface area contributed by atoms with E-state index in [2.05, 4.69) is 10.1 Å². The zero-order valence-corrected chi connectivity index (χ0v) is 10.0. The van der Waals surface area contributed by atoms with E-state index in [-0.39, 0.29) is 12.2 Å². The molecule has 0 aliphatic carbocycles. The molecule has 0 aromatic heterocycles. The summed E-state index contributed by atoms with van der Waals surface area (Å²) in [6, 6.07) is 3.58. The standard InChI is InChI=1S/C12H15F2NO2/c1-12(2,11(16)17-3)7-15-10-8(13)5-4-6-9(10)14/h4-6,15H,7H2,1-3H3. The van der Waals surface area contributed by atoms with Crippen LogP contribution in [0.1, 0.15) is 13.8 Å². The number of para-hydroxylation sites is 1. The molecule has 0 spiro atoms. The predicted molar refractivity (Wildman–Crippen MR) is 60.6 cm³/mol.